The van der Waals surface area contributed by atoms with Gasteiger partial charge >= 0.3 is 5.97 Å². The molecular formula is C12H16Cl2NO2S+. The molecule has 1 aromatic rings. The summed E-state index contributed by atoms with van der Waals surface area (Å²) in [6, 6.07) is 4.33. The molecule has 3 nitrogen and oxygen atoms in total. The fourth-order valence-corrected chi connectivity index (χ4v) is 2.68. The van der Waals surface area contributed by atoms with Gasteiger partial charge in [0.25, 0.3) is 0 Å². The molecule has 0 saturated heterocycles. The predicted molar refractivity (Wildman–Crippen MR) is 80.2 cm³/mol. The first-order valence-corrected chi connectivity index (χ1v) is 8.34. The minimum Gasteiger partial charge on any atom is -0.480 e. The van der Waals surface area contributed by atoms with Gasteiger partial charge in [-0.3, -0.25) is 0 Å². The maximum atomic E-state index is 11.2. The van der Waals surface area contributed by atoms with Crippen molar-refractivity contribution in [2.24, 2.45) is 0 Å². The second-order valence-corrected chi connectivity index (χ2v) is 7.42. The van der Waals surface area contributed by atoms with E-state index in [4.69, 9.17) is 28.3 Å². The molecule has 0 fully saturated rings. The lowest BCUT2D eigenvalue weighted by atomic mass is 10.2. The number of carboxylic acid groups (broad SMARTS) is 1. The van der Waals surface area contributed by atoms with Crippen LogP contribution in [0.3, 0.4) is 0 Å². The van der Waals surface area contributed by atoms with E-state index in [0.29, 0.717) is 22.2 Å². The molecule has 6 heteroatoms. The van der Waals surface area contributed by atoms with Crippen molar-refractivity contribution in [3.8, 4) is 0 Å². The zero-order valence-electron chi connectivity index (χ0n) is 10.2. The average Bonchev–Trinajstić information content (AvgIpc) is 2.22. The van der Waals surface area contributed by atoms with Crippen LogP contribution in [0.15, 0.2) is 18.2 Å². The molecule has 0 aliphatic carbocycles. The zero-order valence-corrected chi connectivity index (χ0v) is 12.6. The Bertz CT molecular complexity index is 406. The van der Waals surface area contributed by atoms with Gasteiger partial charge in [0.05, 0.1) is 12.5 Å². The Morgan fingerprint density at radius 3 is 2.33 bits per heavy atom. The van der Waals surface area contributed by atoms with Crippen LogP contribution in [0.5, 0.6) is 0 Å². The highest BCUT2D eigenvalue weighted by Crippen LogP contribution is 2.23. The molecule has 0 saturated carbocycles. The predicted octanol–water partition coefficient (Wildman–Crippen LogP) is 3.13. The molecule has 0 unspecified atom stereocenters. The Balaban J connectivity index is 2.73. The number of rotatable bonds is 6. The highest BCUT2D eigenvalue weighted by molar-refractivity contribution is 7.95. The van der Waals surface area contributed by atoms with Crippen LogP contribution in [0.4, 0.5) is 5.69 Å². The van der Waals surface area contributed by atoms with Crippen LogP contribution in [-0.2, 0) is 15.7 Å². The van der Waals surface area contributed by atoms with Gasteiger partial charge in [-0.1, -0.05) is 23.2 Å². The van der Waals surface area contributed by atoms with Gasteiger partial charge < -0.3 is 10.4 Å². The highest BCUT2D eigenvalue weighted by atomic mass is 35.5. The smallest absolute Gasteiger partial charge is 0.326 e. The van der Waals surface area contributed by atoms with Crippen molar-refractivity contribution in [1.29, 1.82) is 0 Å². The standard InChI is InChI=1S/C12H15Cl2NO2S/c1-18(2)4-3-11(12(16)17)15-10-6-8(13)5-9(14)7-10/h5-7,11,15H,3-4H2,1-2H3/p+1/t11-/m1/s1. The quantitative estimate of drug-likeness (QED) is 0.794. The first-order valence-electron chi connectivity index (χ1n) is 5.38. The third-order valence-electron chi connectivity index (χ3n) is 2.32. The van der Waals surface area contributed by atoms with Crippen LogP contribution < -0.4 is 5.32 Å². The van der Waals surface area contributed by atoms with Gasteiger partial charge in [-0.2, -0.15) is 0 Å². The van der Waals surface area contributed by atoms with Crippen molar-refractivity contribution in [3.63, 3.8) is 0 Å². The Labute approximate surface area is 120 Å². The van der Waals surface area contributed by atoms with Crippen molar-refractivity contribution in [1.82, 2.24) is 0 Å². The minimum absolute atomic E-state index is 0.225. The Morgan fingerprint density at radius 2 is 1.89 bits per heavy atom. The molecule has 1 rings (SSSR count). The maximum Gasteiger partial charge on any atom is 0.326 e. The summed E-state index contributed by atoms with van der Waals surface area (Å²) in [4.78, 5) is 11.2. The summed E-state index contributed by atoms with van der Waals surface area (Å²) in [6.45, 7) is 0. The van der Waals surface area contributed by atoms with Crippen LogP contribution in [0, 0.1) is 0 Å². The second kappa shape index (κ2) is 7.12. The largest absolute Gasteiger partial charge is 0.480 e. The number of anilines is 1. The van der Waals surface area contributed by atoms with E-state index in [1.807, 2.05) is 0 Å². The third-order valence-corrected chi connectivity index (χ3v) is 3.80. The Kier molecular flexibility index (Phi) is 6.12. The zero-order chi connectivity index (χ0) is 13.7. The van der Waals surface area contributed by atoms with Gasteiger partial charge in [0.2, 0.25) is 0 Å². The highest BCUT2D eigenvalue weighted by Gasteiger charge is 2.20. The molecule has 2 N–H and O–H groups in total. The molecule has 0 amide bonds. The van der Waals surface area contributed by atoms with E-state index in [1.165, 1.54) is 0 Å². The number of hydrogen-bond donors (Lipinski definition) is 2. The van der Waals surface area contributed by atoms with Crippen molar-refractivity contribution in [2.75, 3.05) is 23.6 Å². The molecule has 18 heavy (non-hydrogen) atoms. The number of carbonyl (C=O) groups is 1. The van der Waals surface area contributed by atoms with E-state index >= 15 is 0 Å². The van der Waals surface area contributed by atoms with E-state index in [0.717, 1.165) is 5.75 Å². The Morgan fingerprint density at radius 1 is 1.33 bits per heavy atom. The molecule has 0 spiro atoms. The number of carboxylic acids is 1. The number of benzene rings is 1. The lowest BCUT2D eigenvalue weighted by molar-refractivity contribution is -0.137. The summed E-state index contributed by atoms with van der Waals surface area (Å²) in [7, 11) is 0.225. The molecule has 0 bridgehead atoms. The van der Waals surface area contributed by atoms with Crippen LogP contribution in [0.2, 0.25) is 10.0 Å². The number of hydrogen-bond acceptors (Lipinski definition) is 2. The van der Waals surface area contributed by atoms with Crippen LogP contribution in [0.25, 0.3) is 0 Å². The molecule has 1 aromatic carbocycles. The van der Waals surface area contributed by atoms with Gasteiger partial charge in [0, 0.05) is 22.2 Å². The van der Waals surface area contributed by atoms with Gasteiger partial charge in [0.15, 0.2) is 0 Å². The number of aliphatic carboxylic acids is 1. The van der Waals surface area contributed by atoms with E-state index in [9.17, 15) is 4.79 Å². The normalized spacial score (nSPS) is 12.5. The van der Waals surface area contributed by atoms with Gasteiger partial charge in [0.1, 0.15) is 11.8 Å². The molecule has 1 atom stereocenters. The van der Waals surface area contributed by atoms with E-state index < -0.39 is 12.0 Å². The summed E-state index contributed by atoms with van der Waals surface area (Å²) in [5, 5.41) is 13.1. The monoisotopic (exact) mass is 308 g/mol. The lowest BCUT2D eigenvalue weighted by Crippen LogP contribution is -2.31. The molecular weight excluding hydrogens is 293 g/mol. The van der Waals surface area contributed by atoms with Crippen LogP contribution in [0.1, 0.15) is 6.42 Å². The summed E-state index contributed by atoms with van der Waals surface area (Å²) < 4.78 is 0. The van der Waals surface area contributed by atoms with Crippen molar-refractivity contribution in [2.45, 2.75) is 12.5 Å². The van der Waals surface area contributed by atoms with E-state index in [1.54, 1.807) is 18.2 Å². The first kappa shape index (κ1) is 15.5. The van der Waals surface area contributed by atoms with Crippen LogP contribution in [-0.4, -0.2) is 35.4 Å². The molecule has 0 aliphatic rings. The Hall–Kier alpha value is -0.580. The topological polar surface area (TPSA) is 49.3 Å². The minimum atomic E-state index is -0.864. The van der Waals surface area contributed by atoms with E-state index in [2.05, 4.69) is 17.8 Å². The van der Waals surface area contributed by atoms with Gasteiger partial charge in [-0.15, -0.1) is 0 Å². The fourth-order valence-electron chi connectivity index (χ4n) is 1.45. The summed E-state index contributed by atoms with van der Waals surface area (Å²) in [5.74, 6) is 0.00897. The molecule has 0 aromatic heterocycles. The third kappa shape index (κ3) is 5.38. The molecule has 0 aliphatic heterocycles. The van der Waals surface area contributed by atoms with Crippen molar-refractivity contribution >= 4 is 45.8 Å². The first-order chi connectivity index (χ1) is 8.38. The summed E-state index contributed by atoms with van der Waals surface area (Å²) >= 11 is 11.7. The number of nitrogens with one attached hydrogen (secondary N) is 1. The van der Waals surface area contributed by atoms with E-state index in [-0.39, 0.29) is 10.9 Å². The molecule has 100 valence electrons. The number of halogens is 2. The maximum absolute atomic E-state index is 11.2. The second-order valence-electron chi connectivity index (χ2n) is 4.17. The van der Waals surface area contributed by atoms with Gasteiger partial charge in [-0.05, 0) is 29.1 Å². The summed E-state index contributed by atoms with van der Waals surface area (Å²) in [5.41, 5.74) is 0.631. The molecule has 0 radical (unpaired) electrons. The van der Waals surface area contributed by atoms with Crippen LogP contribution >= 0.6 is 23.2 Å². The summed E-state index contributed by atoms with van der Waals surface area (Å²) in [6.07, 6.45) is 4.76. The van der Waals surface area contributed by atoms with Crippen molar-refractivity contribution < 1.29 is 9.90 Å². The lowest BCUT2D eigenvalue weighted by Gasteiger charge is -2.15. The van der Waals surface area contributed by atoms with Crippen molar-refractivity contribution in [3.05, 3.63) is 28.2 Å². The fraction of sp³-hybridized carbons (Fsp3) is 0.417. The van der Waals surface area contributed by atoms with Gasteiger partial charge in [-0.25, -0.2) is 4.79 Å². The SMILES string of the molecule is C[S+](C)CC[C@@H](Nc1cc(Cl)cc(Cl)c1)C(=O)O. The molecule has 0 heterocycles. The average molecular weight is 309 g/mol.